The van der Waals surface area contributed by atoms with Gasteiger partial charge in [-0.25, -0.2) is 9.18 Å². The molecule has 4 rings (SSSR count). The SMILES string of the molecule is CN1CC[C@@H](OC(=O)N2CCc3ccccc3[C@@H]2c2ccc(F)cc2)C1. The molecule has 0 saturated carbocycles. The number of benzene rings is 2. The van der Waals surface area contributed by atoms with Crippen LogP contribution in [0.15, 0.2) is 48.5 Å². The van der Waals surface area contributed by atoms with E-state index in [4.69, 9.17) is 4.74 Å². The number of likely N-dealkylation sites (N-methyl/N-ethyl adjacent to an activating group) is 1. The molecule has 26 heavy (non-hydrogen) atoms. The van der Waals surface area contributed by atoms with Crippen molar-refractivity contribution in [1.29, 1.82) is 0 Å². The van der Waals surface area contributed by atoms with Gasteiger partial charge >= 0.3 is 6.09 Å². The summed E-state index contributed by atoms with van der Waals surface area (Å²) in [6.07, 6.45) is 1.33. The van der Waals surface area contributed by atoms with Crippen LogP contribution in [0.1, 0.15) is 29.2 Å². The Labute approximate surface area is 153 Å². The molecule has 136 valence electrons. The van der Waals surface area contributed by atoms with E-state index in [0.717, 1.165) is 37.1 Å². The van der Waals surface area contributed by atoms with E-state index in [1.54, 1.807) is 17.0 Å². The number of amides is 1. The second-order valence-electron chi connectivity index (χ2n) is 7.15. The van der Waals surface area contributed by atoms with E-state index in [2.05, 4.69) is 11.0 Å². The molecule has 1 fully saturated rings. The number of fused-ring (bicyclic) bond motifs is 1. The van der Waals surface area contributed by atoms with Crippen LogP contribution in [0.2, 0.25) is 0 Å². The Balaban J connectivity index is 1.64. The predicted octanol–water partition coefficient (Wildman–Crippen LogP) is 3.61. The molecule has 0 radical (unpaired) electrons. The summed E-state index contributed by atoms with van der Waals surface area (Å²) in [4.78, 5) is 16.9. The van der Waals surface area contributed by atoms with Gasteiger partial charge in [-0.1, -0.05) is 36.4 Å². The molecule has 2 heterocycles. The lowest BCUT2D eigenvalue weighted by Crippen LogP contribution is -2.42. The summed E-state index contributed by atoms with van der Waals surface area (Å²) in [5.41, 5.74) is 3.22. The molecular formula is C21H23FN2O2. The van der Waals surface area contributed by atoms with Crippen molar-refractivity contribution in [3.63, 3.8) is 0 Å². The van der Waals surface area contributed by atoms with Crippen molar-refractivity contribution in [2.75, 3.05) is 26.7 Å². The average Bonchev–Trinajstić information content (AvgIpc) is 3.06. The van der Waals surface area contributed by atoms with E-state index in [-0.39, 0.29) is 24.1 Å². The zero-order valence-electron chi connectivity index (χ0n) is 14.9. The van der Waals surface area contributed by atoms with Gasteiger partial charge in [-0.3, -0.25) is 4.90 Å². The number of ether oxygens (including phenoxy) is 1. The highest BCUT2D eigenvalue weighted by molar-refractivity contribution is 5.70. The van der Waals surface area contributed by atoms with Crippen LogP contribution in [0.25, 0.3) is 0 Å². The summed E-state index contributed by atoms with van der Waals surface area (Å²) < 4.78 is 19.2. The fourth-order valence-corrected chi connectivity index (χ4v) is 3.97. The van der Waals surface area contributed by atoms with Gasteiger partial charge < -0.3 is 9.64 Å². The molecule has 5 heteroatoms. The summed E-state index contributed by atoms with van der Waals surface area (Å²) in [6.45, 7) is 2.32. The van der Waals surface area contributed by atoms with Gasteiger partial charge in [0, 0.05) is 19.6 Å². The summed E-state index contributed by atoms with van der Waals surface area (Å²) >= 11 is 0. The van der Waals surface area contributed by atoms with Crippen molar-refractivity contribution in [1.82, 2.24) is 9.80 Å². The van der Waals surface area contributed by atoms with Crippen LogP contribution in [0.4, 0.5) is 9.18 Å². The molecule has 0 aromatic heterocycles. The monoisotopic (exact) mass is 354 g/mol. The fourth-order valence-electron chi connectivity index (χ4n) is 3.97. The van der Waals surface area contributed by atoms with Crippen molar-refractivity contribution in [2.45, 2.75) is 25.0 Å². The van der Waals surface area contributed by atoms with E-state index >= 15 is 0 Å². The quantitative estimate of drug-likeness (QED) is 0.826. The molecule has 2 aromatic rings. The molecule has 2 aliphatic rings. The topological polar surface area (TPSA) is 32.8 Å². The first-order valence-corrected chi connectivity index (χ1v) is 9.11. The second-order valence-corrected chi connectivity index (χ2v) is 7.15. The van der Waals surface area contributed by atoms with Gasteiger partial charge in [0.15, 0.2) is 0 Å². The number of hydrogen-bond acceptors (Lipinski definition) is 3. The third-order valence-electron chi connectivity index (χ3n) is 5.32. The van der Waals surface area contributed by atoms with Crippen molar-refractivity contribution >= 4 is 6.09 Å². The smallest absolute Gasteiger partial charge is 0.410 e. The van der Waals surface area contributed by atoms with Gasteiger partial charge in [0.25, 0.3) is 0 Å². The Bertz CT molecular complexity index is 793. The predicted molar refractivity (Wildman–Crippen MR) is 97.5 cm³/mol. The van der Waals surface area contributed by atoms with Crippen molar-refractivity contribution in [3.8, 4) is 0 Å². The summed E-state index contributed by atoms with van der Waals surface area (Å²) in [6, 6.07) is 14.3. The van der Waals surface area contributed by atoms with E-state index in [1.165, 1.54) is 17.7 Å². The molecule has 0 N–H and O–H groups in total. The summed E-state index contributed by atoms with van der Waals surface area (Å²) in [5, 5.41) is 0. The Hall–Kier alpha value is -2.40. The highest BCUT2D eigenvalue weighted by Gasteiger charge is 2.34. The van der Waals surface area contributed by atoms with Crippen LogP contribution in [0.5, 0.6) is 0 Å². The molecule has 0 spiro atoms. The van der Waals surface area contributed by atoms with Crippen molar-refractivity contribution < 1.29 is 13.9 Å². The third-order valence-corrected chi connectivity index (χ3v) is 5.32. The lowest BCUT2D eigenvalue weighted by atomic mass is 9.88. The van der Waals surface area contributed by atoms with Crippen molar-refractivity contribution in [3.05, 3.63) is 71.0 Å². The highest BCUT2D eigenvalue weighted by atomic mass is 19.1. The summed E-state index contributed by atoms with van der Waals surface area (Å²) in [7, 11) is 2.03. The third kappa shape index (κ3) is 3.31. The first-order chi connectivity index (χ1) is 12.6. The molecule has 2 atom stereocenters. The number of halogens is 1. The standard InChI is InChI=1S/C21H23FN2O2/c1-23-12-11-18(14-23)26-21(25)24-13-10-15-4-2-3-5-19(15)20(24)16-6-8-17(22)9-7-16/h2-9,18,20H,10-14H2,1H3/t18-,20+/m1/s1. The maximum atomic E-state index is 13.4. The van der Waals surface area contributed by atoms with Gasteiger partial charge in [0.2, 0.25) is 0 Å². The Kier molecular flexibility index (Phi) is 4.64. The lowest BCUT2D eigenvalue weighted by molar-refractivity contribution is 0.0569. The van der Waals surface area contributed by atoms with Gasteiger partial charge in [-0.15, -0.1) is 0 Å². The maximum absolute atomic E-state index is 13.4. The summed E-state index contributed by atoms with van der Waals surface area (Å²) in [5.74, 6) is -0.277. The number of nitrogens with zero attached hydrogens (tertiary/aromatic N) is 2. The molecule has 1 amide bonds. The molecule has 0 aliphatic carbocycles. The molecule has 2 aliphatic heterocycles. The maximum Gasteiger partial charge on any atom is 0.410 e. The van der Waals surface area contributed by atoms with E-state index in [1.807, 2.05) is 25.2 Å². The van der Waals surface area contributed by atoms with Gasteiger partial charge in [0.05, 0.1) is 6.04 Å². The number of likely N-dealkylation sites (tertiary alicyclic amines) is 1. The van der Waals surface area contributed by atoms with E-state index < -0.39 is 0 Å². The minimum Gasteiger partial charge on any atom is -0.445 e. The molecule has 4 nitrogen and oxygen atoms in total. The zero-order chi connectivity index (χ0) is 18.1. The Morgan fingerprint density at radius 3 is 2.62 bits per heavy atom. The Morgan fingerprint density at radius 2 is 1.88 bits per heavy atom. The highest BCUT2D eigenvalue weighted by Crippen LogP contribution is 2.35. The number of rotatable bonds is 2. The largest absolute Gasteiger partial charge is 0.445 e. The van der Waals surface area contributed by atoms with Crippen LogP contribution in [0, 0.1) is 5.82 Å². The minimum absolute atomic E-state index is 0.0569. The van der Waals surface area contributed by atoms with Gasteiger partial charge in [-0.05, 0) is 48.7 Å². The molecule has 0 bridgehead atoms. The van der Waals surface area contributed by atoms with Crippen LogP contribution in [0.3, 0.4) is 0 Å². The second kappa shape index (κ2) is 7.08. The van der Waals surface area contributed by atoms with E-state index in [0.29, 0.717) is 6.54 Å². The molecule has 2 aromatic carbocycles. The first kappa shape index (κ1) is 17.0. The zero-order valence-corrected chi connectivity index (χ0v) is 14.9. The average molecular weight is 354 g/mol. The first-order valence-electron chi connectivity index (χ1n) is 9.11. The number of carbonyl (C=O) groups is 1. The lowest BCUT2D eigenvalue weighted by Gasteiger charge is -2.37. The van der Waals surface area contributed by atoms with Crippen molar-refractivity contribution in [2.24, 2.45) is 0 Å². The Morgan fingerprint density at radius 1 is 1.12 bits per heavy atom. The van der Waals surface area contributed by atoms with Gasteiger partial charge in [-0.2, -0.15) is 0 Å². The fraction of sp³-hybridized carbons (Fsp3) is 0.381. The van der Waals surface area contributed by atoms with Crippen LogP contribution < -0.4 is 0 Å². The van der Waals surface area contributed by atoms with Crippen LogP contribution >= 0.6 is 0 Å². The van der Waals surface area contributed by atoms with E-state index in [9.17, 15) is 9.18 Å². The van der Waals surface area contributed by atoms with Crippen LogP contribution in [-0.2, 0) is 11.2 Å². The van der Waals surface area contributed by atoms with Gasteiger partial charge in [0.1, 0.15) is 11.9 Å². The molecule has 1 saturated heterocycles. The normalized spacial score (nSPS) is 22.9. The molecule has 0 unspecified atom stereocenters. The number of hydrogen-bond donors (Lipinski definition) is 0. The van der Waals surface area contributed by atoms with Crippen LogP contribution in [-0.4, -0.2) is 48.7 Å². The number of carbonyl (C=O) groups excluding carboxylic acids is 1. The minimum atomic E-state index is -0.283. The molecular weight excluding hydrogens is 331 g/mol.